The van der Waals surface area contributed by atoms with Crippen LogP contribution in [0.15, 0.2) is 48.5 Å². The number of rotatable bonds is 2. The summed E-state index contributed by atoms with van der Waals surface area (Å²) < 4.78 is 1.08. The monoisotopic (exact) mass is 440 g/mol. The third-order valence-electron chi connectivity index (χ3n) is 3.18. The Balaban J connectivity index is 0.000000615. The summed E-state index contributed by atoms with van der Waals surface area (Å²) in [6.45, 7) is 5.19. The van der Waals surface area contributed by atoms with Crippen LogP contribution in [0, 0.1) is 3.57 Å². The van der Waals surface area contributed by atoms with E-state index < -0.39 is 0 Å². The van der Waals surface area contributed by atoms with Crippen molar-refractivity contribution in [2.24, 2.45) is 0 Å². The Morgan fingerprint density at radius 2 is 1.83 bits per heavy atom. The van der Waals surface area contributed by atoms with Gasteiger partial charge in [0.25, 0.3) is 5.91 Å². The molecule has 0 saturated heterocycles. The SMILES string of the molecule is C=S.CC.O=C1c2cc(I)ccc2NCN1Cc1ccccc1. The van der Waals surface area contributed by atoms with Gasteiger partial charge in [0.15, 0.2) is 0 Å². The molecule has 0 aromatic heterocycles. The van der Waals surface area contributed by atoms with Gasteiger partial charge in [-0.25, -0.2) is 0 Å². The number of halogens is 1. The van der Waals surface area contributed by atoms with Gasteiger partial charge in [0.2, 0.25) is 0 Å². The molecule has 2 aromatic carbocycles. The highest BCUT2D eigenvalue weighted by Gasteiger charge is 2.23. The summed E-state index contributed by atoms with van der Waals surface area (Å²) >= 11 is 6.06. The van der Waals surface area contributed by atoms with Gasteiger partial charge in [0.1, 0.15) is 0 Å². The van der Waals surface area contributed by atoms with E-state index in [1.807, 2.05) is 67.3 Å². The number of carbonyl (C=O) groups is 1. The predicted octanol–water partition coefficient (Wildman–Crippen LogP) is 4.96. The summed E-state index contributed by atoms with van der Waals surface area (Å²) in [7, 11) is 0. The molecule has 3 nitrogen and oxygen atoms in total. The topological polar surface area (TPSA) is 32.3 Å². The van der Waals surface area contributed by atoms with E-state index >= 15 is 0 Å². The van der Waals surface area contributed by atoms with E-state index in [2.05, 4.69) is 46.0 Å². The van der Waals surface area contributed by atoms with E-state index in [0.29, 0.717) is 13.2 Å². The van der Waals surface area contributed by atoms with Crippen LogP contribution >= 0.6 is 34.8 Å². The summed E-state index contributed by atoms with van der Waals surface area (Å²) in [4.78, 5) is 14.3. The summed E-state index contributed by atoms with van der Waals surface area (Å²) in [5, 5.41) is 3.29. The van der Waals surface area contributed by atoms with Crippen LogP contribution in [0.25, 0.3) is 0 Å². The van der Waals surface area contributed by atoms with Gasteiger partial charge in [-0.3, -0.25) is 4.79 Å². The molecule has 122 valence electrons. The maximum Gasteiger partial charge on any atom is 0.257 e. The Bertz CT molecular complexity index is 634. The van der Waals surface area contributed by atoms with Crippen molar-refractivity contribution in [3.63, 3.8) is 0 Å². The summed E-state index contributed by atoms with van der Waals surface area (Å²) in [6.07, 6.45) is 0. The molecule has 1 aliphatic heterocycles. The fourth-order valence-corrected chi connectivity index (χ4v) is 2.69. The smallest absolute Gasteiger partial charge is 0.257 e. The van der Waals surface area contributed by atoms with Gasteiger partial charge in [-0.1, -0.05) is 56.4 Å². The Morgan fingerprint density at radius 3 is 2.48 bits per heavy atom. The van der Waals surface area contributed by atoms with Crippen molar-refractivity contribution in [3.05, 3.63) is 63.2 Å². The zero-order chi connectivity index (χ0) is 17.2. The third-order valence-corrected chi connectivity index (χ3v) is 3.85. The van der Waals surface area contributed by atoms with Crippen LogP contribution in [0.4, 0.5) is 5.69 Å². The zero-order valence-electron chi connectivity index (χ0n) is 13.4. The van der Waals surface area contributed by atoms with Crippen LogP contribution in [0.5, 0.6) is 0 Å². The average Bonchev–Trinajstić information content (AvgIpc) is 2.62. The highest BCUT2D eigenvalue weighted by molar-refractivity contribution is 14.1. The highest BCUT2D eigenvalue weighted by Crippen LogP contribution is 2.25. The van der Waals surface area contributed by atoms with Crippen LogP contribution in [0.2, 0.25) is 0 Å². The summed E-state index contributed by atoms with van der Waals surface area (Å²) in [5.74, 6) is 2.93. The van der Waals surface area contributed by atoms with E-state index in [-0.39, 0.29) is 5.91 Å². The van der Waals surface area contributed by atoms with Crippen LogP contribution in [0.1, 0.15) is 29.8 Å². The van der Waals surface area contributed by atoms with Crippen molar-refractivity contribution in [3.8, 4) is 0 Å². The van der Waals surface area contributed by atoms with Crippen molar-refractivity contribution in [1.82, 2.24) is 4.90 Å². The van der Waals surface area contributed by atoms with E-state index in [9.17, 15) is 4.79 Å². The molecule has 0 unspecified atom stereocenters. The van der Waals surface area contributed by atoms with E-state index in [0.717, 1.165) is 20.4 Å². The zero-order valence-corrected chi connectivity index (χ0v) is 16.4. The van der Waals surface area contributed by atoms with Gasteiger partial charge in [-0.2, -0.15) is 0 Å². The predicted molar refractivity (Wildman–Crippen MR) is 110 cm³/mol. The van der Waals surface area contributed by atoms with Gasteiger partial charge in [0, 0.05) is 15.8 Å². The lowest BCUT2D eigenvalue weighted by Crippen LogP contribution is -2.39. The first-order valence-corrected chi connectivity index (χ1v) is 9.05. The molecule has 0 saturated carbocycles. The molecule has 0 atom stereocenters. The molecule has 0 bridgehead atoms. The summed E-state index contributed by atoms with van der Waals surface area (Å²) in [5.41, 5.74) is 2.83. The maximum absolute atomic E-state index is 12.5. The molecular weight excluding hydrogens is 419 g/mol. The molecule has 1 aliphatic rings. The number of nitrogens with one attached hydrogen (secondary N) is 1. The van der Waals surface area contributed by atoms with Gasteiger partial charge >= 0.3 is 0 Å². The number of carbonyl (C=O) groups excluding carboxylic acids is 1. The number of hydrogen-bond acceptors (Lipinski definition) is 3. The van der Waals surface area contributed by atoms with Crippen LogP contribution in [-0.4, -0.2) is 23.3 Å². The first-order chi connectivity index (χ1) is 11.2. The van der Waals surface area contributed by atoms with E-state index in [1.54, 1.807) is 0 Å². The normalized spacial score (nSPS) is 12.0. The molecular formula is C18H21IN2OS. The van der Waals surface area contributed by atoms with Crippen molar-refractivity contribution in [2.45, 2.75) is 20.4 Å². The van der Waals surface area contributed by atoms with Crippen molar-refractivity contribution < 1.29 is 4.79 Å². The first-order valence-electron chi connectivity index (χ1n) is 7.39. The lowest BCUT2D eigenvalue weighted by atomic mass is 10.1. The minimum atomic E-state index is 0.0936. The fourth-order valence-electron chi connectivity index (χ4n) is 2.20. The molecule has 5 heteroatoms. The molecule has 0 aliphatic carbocycles. The molecule has 3 rings (SSSR count). The van der Waals surface area contributed by atoms with Crippen molar-refractivity contribution in [1.29, 1.82) is 0 Å². The van der Waals surface area contributed by atoms with E-state index in [4.69, 9.17) is 0 Å². The number of benzene rings is 2. The van der Waals surface area contributed by atoms with Gasteiger partial charge in [-0.15, -0.1) is 0 Å². The molecule has 1 N–H and O–H groups in total. The van der Waals surface area contributed by atoms with Crippen molar-refractivity contribution >= 4 is 52.3 Å². The lowest BCUT2D eigenvalue weighted by molar-refractivity contribution is 0.0746. The maximum atomic E-state index is 12.5. The number of fused-ring (bicyclic) bond motifs is 1. The number of hydrogen-bond donors (Lipinski definition) is 1. The van der Waals surface area contributed by atoms with Gasteiger partial charge < -0.3 is 10.2 Å². The fraction of sp³-hybridized carbons (Fsp3) is 0.222. The molecule has 1 heterocycles. The molecule has 1 amide bonds. The highest BCUT2D eigenvalue weighted by atomic mass is 127. The number of thiocarbonyl (C=S) groups is 1. The molecule has 0 fully saturated rings. The quantitative estimate of drug-likeness (QED) is 0.530. The van der Waals surface area contributed by atoms with Gasteiger partial charge in [0.05, 0.1) is 12.2 Å². The van der Waals surface area contributed by atoms with Gasteiger partial charge in [-0.05, 0) is 52.2 Å². The second-order valence-electron chi connectivity index (χ2n) is 4.51. The van der Waals surface area contributed by atoms with Crippen LogP contribution < -0.4 is 5.32 Å². The third kappa shape index (κ3) is 5.28. The van der Waals surface area contributed by atoms with Crippen LogP contribution in [0.3, 0.4) is 0 Å². The van der Waals surface area contributed by atoms with Crippen molar-refractivity contribution in [2.75, 3.05) is 12.0 Å². The minimum absolute atomic E-state index is 0.0936. The number of nitrogens with zero attached hydrogens (tertiary/aromatic N) is 1. The number of amides is 1. The second-order valence-corrected chi connectivity index (χ2v) is 5.76. The molecule has 23 heavy (non-hydrogen) atoms. The Labute approximate surface area is 157 Å². The first kappa shape index (κ1) is 19.6. The molecule has 0 spiro atoms. The molecule has 2 aromatic rings. The molecule has 0 radical (unpaired) electrons. The lowest BCUT2D eigenvalue weighted by Gasteiger charge is -2.30. The Hall–Kier alpha value is -1.47. The summed E-state index contributed by atoms with van der Waals surface area (Å²) in [6, 6.07) is 16.0. The standard InChI is InChI=1S/C15H13IN2O.C2H6.CH2S/c16-12-6-7-14-13(8-12)15(19)18(10-17-14)9-11-4-2-1-3-5-11;2*1-2/h1-8,17H,9-10H2;1-2H3;1H2. The average molecular weight is 440 g/mol. The van der Waals surface area contributed by atoms with Crippen LogP contribution in [-0.2, 0) is 6.54 Å². The number of anilines is 1. The largest absolute Gasteiger partial charge is 0.367 e. The Morgan fingerprint density at radius 1 is 1.17 bits per heavy atom. The van der Waals surface area contributed by atoms with E-state index in [1.165, 1.54) is 0 Å². The Kier molecular flexibility index (Phi) is 8.79. The second kappa shape index (κ2) is 10.3. The minimum Gasteiger partial charge on any atom is -0.367 e.